The third-order valence-electron chi connectivity index (χ3n) is 15.4. The minimum absolute atomic E-state index is 0.143. The minimum atomic E-state index is -1.63. The van der Waals surface area contributed by atoms with E-state index in [1.54, 1.807) is 0 Å². The molecule has 89 heavy (non-hydrogen) atoms. The largest absolute Gasteiger partial charge is 0.545 e. The van der Waals surface area contributed by atoms with Gasteiger partial charge in [0.1, 0.15) is 13.2 Å². The maximum absolute atomic E-state index is 13.0. The normalized spacial score (nSPS) is 13.5. The first kappa shape index (κ1) is 84.4. The van der Waals surface area contributed by atoms with Crippen LogP contribution in [0.15, 0.2) is 134 Å². The van der Waals surface area contributed by atoms with Crippen molar-refractivity contribution < 1.29 is 42.9 Å². The van der Waals surface area contributed by atoms with E-state index >= 15 is 0 Å². The highest BCUT2D eigenvalue weighted by Crippen LogP contribution is 2.17. The zero-order valence-corrected chi connectivity index (χ0v) is 58.0. The molecule has 0 aliphatic carbocycles. The molecule has 0 aromatic carbocycles. The van der Waals surface area contributed by atoms with Crippen LogP contribution in [-0.4, -0.2) is 82.3 Å². The zero-order valence-electron chi connectivity index (χ0n) is 58.0. The van der Waals surface area contributed by atoms with Crippen molar-refractivity contribution in [2.75, 3.05) is 47.5 Å². The average Bonchev–Trinajstić information content (AvgIpc) is 3.64. The van der Waals surface area contributed by atoms with Gasteiger partial charge in [0.2, 0.25) is 0 Å². The Morgan fingerprint density at radius 3 is 0.899 bits per heavy atom. The van der Waals surface area contributed by atoms with E-state index in [1.807, 2.05) is 21.1 Å². The molecule has 2 unspecified atom stereocenters. The molecule has 0 amide bonds. The van der Waals surface area contributed by atoms with E-state index in [-0.39, 0.29) is 38.6 Å². The standard InChI is InChI=1S/C80H135NO8/c1-6-8-10-12-14-16-18-20-22-24-26-28-30-32-33-34-35-36-37-38-39-40-41-42-43-44-45-47-49-51-53-55-57-59-61-63-65-67-69-71-78(83)89-76(75-88-80(79(84)85)86-73-72-81(3,4)5)74-87-77(82)70-68-66-64-62-60-58-56-54-52-50-48-46-31-29-27-25-23-21-19-17-15-13-11-9-7-2/h8-11,14-17,20-23,26-29,32-33,35-36,38-39,76,80H,6-7,12-13,18-19,24-25,30-31,34,37,40-75H2,1-5H3/b10-8-,11-9-,16-14-,17-15-,22-20-,23-21-,28-26-,29-27-,33-32-,36-35-,39-38-. The van der Waals surface area contributed by atoms with E-state index in [2.05, 4.69) is 148 Å². The Hall–Kier alpha value is -4.57. The van der Waals surface area contributed by atoms with E-state index in [9.17, 15) is 19.5 Å². The van der Waals surface area contributed by atoms with E-state index < -0.39 is 24.3 Å². The van der Waals surface area contributed by atoms with Crippen LogP contribution in [0.25, 0.3) is 0 Å². The number of carboxylic acid groups (broad SMARTS) is 1. The number of hydrogen-bond donors (Lipinski definition) is 0. The lowest BCUT2D eigenvalue weighted by Crippen LogP contribution is -2.44. The predicted molar refractivity (Wildman–Crippen MR) is 379 cm³/mol. The SMILES string of the molecule is CC/C=C\C/C=C\C/C=C\C/C=C\C/C=C\C/C=C\C/C=C\CCCCCCCCCCCCCCCCCCCC(=O)OC(COC(=O)CCCCCCCCCCCCCC/C=C\C/C=C\C/C=C\C/C=C\CC)COC(OCC[N+](C)(C)C)C(=O)[O-]. The number of unbranched alkanes of at least 4 members (excludes halogenated alkanes) is 29. The summed E-state index contributed by atoms with van der Waals surface area (Å²) in [6.45, 7) is 4.54. The van der Waals surface area contributed by atoms with Gasteiger partial charge in [-0.15, -0.1) is 0 Å². The summed E-state index contributed by atoms with van der Waals surface area (Å²) in [5.41, 5.74) is 0. The van der Waals surface area contributed by atoms with Crippen molar-refractivity contribution in [2.45, 2.75) is 309 Å². The molecule has 0 aliphatic heterocycles. The van der Waals surface area contributed by atoms with E-state index in [0.717, 1.165) is 109 Å². The highest BCUT2D eigenvalue weighted by molar-refractivity contribution is 5.70. The summed E-state index contributed by atoms with van der Waals surface area (Å²) >= 11 is 0. The molecule has 0 fully saturated rings. The first-order chi connectivity index (χ1) is 43.6. The summed E-state index contributed by atoms with van der Waals surface area (Å²) in [4.78, 5) is 37.5. The molecule has 0 radical (unpaired) electrons. The van der Waals surface area contributed by atoms with Gasteiger partial charge in [-0.1, -0.05) is 308 Å². The highest BCUT2D eigenvalue weighted by atomic mass is 16.7. The van der Waals surface area contributed by atoms with Crippen LogP contribution in [-0.2, 0) is 33.3 Å². The van der Waals surface area contributed by atoms with E-state index in [0.29, 0.717) is 17.4 Å². The second-order valence-electron chi connectivity index (χ2n) is 25.1. The van der Waals surface area contributed by atoms with Crippen LogP contribution in [0.4, 0.5) is 0 Å². The number of hydrogen-bond acceptors (Lipinski definition) is 8. The number of allylic oxidation sites excluding steroid dienone is 22. The molecule has 9 nitrogen and oxygen atoms in total. The lowest BCUT2D eigenvalue weighted by molar-refractivity contribution is -0.870. The Kier molecular flexibility index (Phi) is 65.8. The Morgan fingerprint density at radius 2 is 0.607 bits per heavy atom. The van der Waals surface area contributed by atoms with Gasteiger partial charge < -0.3 is 33.3 Å². The van der Waals surface area contributed by atoms with Crippen molar-refractivity contribution in [3.8, 4) is 0 Å². The molecule has 0 N–H and O–H groups in total. The number of carbonyl (C=O) groups is 3. The fraction of sp³-hybridized carbons (Fsp3) is 0.688. The van der Waals surface area contributed by atoms with Crippen LogP contribution in [0.5, 0.6) is 0 Å². The van der Waals surface area contributed by atoms with Crippen molar-refractivity contribution in [2.24, 2.45) is 0 Å². The van der Waals surface area contributed by atoms with E-state index in [4.69, 9.17) is 18.9 Å². The monoisotopic (exact) mass is 1240 g/mol. The molecule has 0 saturated heterocycles. The molecule has 0 bridgehead atoms. The topological polar surface area (TPSA) is 111 Å². The molecule has 0 aromatic rings. The summed E-state index contributed by atoms with van der Waals surface area (Å²) in [6, 6.07) is 0. The van der Waals surface area contributed by atoms with Crippen molar-refractivity contribution >= 4 is 17.9 Å². The number of likely N-dealkylation sites (N-methyl/N-ethyl adjacent to an activating group) is 1. The Balaban J connectivity index is 4.07. The quantitative estimate of drug-likeness (QED) is 0.0195. The second-order valence-corrected chi connectivity index (χ2v) is 25.1. The van der Waals surface area contributed by atoms with Gasteiger partial charge in [0, 0.05) is 12.8 Å². The van der Waals surface area contributed by atoms with Gasteiger partial charge in [-0.3, -0.25) is 9.59 Å². The first-order valence-corrected chi connectivity index (χ1v) is 36.3. The zero-order chi connectivity index (χ0) is 64.7. The predicted octanol–water partition coefficient (Wildman–Crippen LogP) is 21.6. The Bertz CT molecular complexity index is 1930. The van der Waals surface area contributed by atoms with Gasteiger partial charge >= 0.3 is 11.9 Å². The molecule has 508 valence electrons. The summed E-state index contributed by atoms with van der Waals surface area (Å²) in [7, 11) is 5.93. The molecule has 0 aromatic heterocycles. The van der Waals surface area contributed by atoms with Crippen LogP contribution in [0.3, 0.4) is 0 Å². The summed E-state index contributed by atoms with van der Waals surface area (Å²) < 4.78 is 22.8. The number of quaternary nitrogens is 1. The van der Waals surface area contributed by atoms with Gasteiger partial charge in [0.05, 0.1) is 40.3 Å². The first-order valence-electron chi connectivity index (χ1n) is 36.3. The Morgan fingerprint density at radius 1 is 0.337 bits per heavy atom. The molecular weight excluding hydrogens is 1100 g/mol. The fourth-order valence-electron chi connectivity index (χ4n) is 9.92. The van der Waals surface area contributed by atoms with Gasteiger partial charge in [0.15, 0.2) is 12.4 Å². The number of rotatable bonds is 66. The summed E-state index contributed by atoms with van der Waals surface area (Å²) in [5.74, 6) is -2.28. The van der Waals surface area contributed by atoms with Crippen LogP contribution >= 0.6 is 0 Å². The van der Waals surface area contributed by atoms with Crippen LogP contribution < -0.4 is 5.11 Å². The van der Waals surface area contributed by atoms with Crippen LogP contribution in [0.2, 0.25) is 0 Å². The fourth-order valence-corrected chi connectivity index (χ4v) is 9.92. The van der Waals surface area contributed by atoms with Crippen molar-refractivity contribution in [3.05, 3.63) is 134 Å². The summed E-state index contributed by atoms with van der Waals surface area (Å²) in [6.07, 6.45) is 96.8. The van der Waals surface area contributed by atoms with Gasteiger partial charge in [0.25, 0.3) is 0 Å². The number of esters is 2. The van der Waals surface area contributed by atoms with E-state index in [1.165, 1.54) is 154 Å². The van der Waals surface area contributed by atoms with Crippen LogP contribution in [0.1, 0.15) is 296 Å². The van der Waals surface area contributed by atoms with Crippen molar-refractivity contribution in [1.82, 2.24) is 0 Å². The lowest BCUT2D eigenvalue weighted by atomic mass is 10.0. The number of aliphatic carboxylic acids is 1. The van der Waals surface area contributed by atoms with Gasteiger partial charge in [-0.2, -0.15) is 0 Å². The molecule has 0 saturated carbocycles. The van der Waals surface area contributed by atoms with Crippen molar-refractivity contribution in [1.29, 1.82) is 0 Å². The third kappa shape index (κ3) is 70.7. The molecule has 2 atom stereocenters. The maximum Gasteiger partial charge on any atom is 0.306 e. The smallest absolute Gasteiger partial charge is 0.306 e. The lowest BCUT2D eigenvalue weighted by Gasteiger charge is -2.26. The average molecular weight is 1240 g/mol. The third-order valence-corrected chi connectivity index (χ3v) is 15.4. The second kappa shape index (κ2) is 69.3. The maximum atomic E-state index is 13.0. The molecular formula is C80H135NO8. The molecule has 9 heteroatoms. The number of carbonyl (C=O) groups excluding carboxylic acids is 3. The molecule has 0 rings (SSSR count). The molecule has 0 aliphatic rings. The molecule has 0 spiro atoms. The van der Waals surface area contributed by atoms with Gasteiger partial charge in [-0.05, 0) is 109 Å². The number of ether oxygens (including phenoxy) is 4. The summed E-state index contributed by atoms with van der Waals surface area (Å²) in [5, 5.41) is 11.8. The van der Waals surface area contributed by atoms with Gasteiger partial charge in [-0.25, -0.2) is 0 Å². The number of nitrogens with zero attached hydrogens (tertiary/aromatic N) is 1. The van der Waals surface area contributed by atoms with Crippen molar-refractivity contribution in [3.63, 3.8) is 0 Å². The molecule has 0 heterocycles. The highest BCUT2D eigenvalue weighted by Gasteiger charge is 2.22. The van der Waals surface area contributed by atoms with Crippen LogP contribution in [0, 0.1) is 0 Å². The Labute approximate surface area is 548 Å². The minimum Gasteiger partial charge on any atom is -0.545 e. The number of carboxylic acids is 1.